The molecule has 0 saturated carbocycles. The van der Waals surface area contributed by atoms with Crippen molar-refractivity contribution >= 4 is 11.8 Å². The van der Waals surface area contributed by atoms with Gasteiger partial charge in [-0.2, -0.15) is 0 Å². The van der Waals surface area contributed by atoms with Gasteiger partial charge in [-0.1, -0.05) is 0 Å². The molecule has 1 aliphatic heterocycles. The first-order valence-electron chi connectivity index (χ1n) is 6.60. The van der Waals surface area contributed by atoms with E-state index in [-0.39, 0.29) is 5.82 Å². The van der Waals surface area contributed by atoms with Crippen LogP contribution in [0.15, 0.2) is 6.07 Å². The number of aromatic nitrogens is 2. The van der Waals surface area contributed by atoms with Crippen molar-refractivity contribution in [2.24, 2.45) is 0 Å². The van der Waals surface area contributed by atoms with E-state index < -0.39 is 5.97 Å². The Bertz CT molecular complexity index is 444. The lowest BCUT2D eigenvalue weighted by molar-refractivity contribution is 0.0586. The number of hydrogen-bond acceptors (Lipinski definition) is 6. The highest BCUT2D eigenvalue weighted by Gasteiger charge is 2.14. The van der Waals surface area contributed by atoms with Crippen LogP contribution >= 0.6 is 0 Å². The summed E-state index contributed by atoms with van der Waals surface area (Å²) in [5, 5.41) is 6.68. The molecule has 1 atom stereocenters. The monoisotopic (exact) mass is 264 g/mol. The minimum Gasteiger partial charge on any atom is -0.463 e. The molecule has 0 aliphatic carbocycles. The Labute approximate surface area is 113 Å². The summed E-state index contributed by atoms with van der Waals surface area (Å²) < 4.78 is 4.63. The van der Waals surface area contributed by atoms with E-state index >= 15 is 0 Å². The zero-order chi connectivity index (χ0) is 13.7. The molecule has 104 valence electrons. The van der Waals surface area contributed by atoms with Gasteiger partial charge < -0.3 is 15.4 Å². The molecule has 0 amide bonds. The van der Waals surface area contributed by atoms with Gasteiger partial charge in [-0.25, -0.2) is 14.8 Å². The van der Waals surface area contributed by atoms with Crippen LogP contribution in [0.4, 0.5) is 5.82 Å². The van der Waals surface area contributed by atoms with E-state index in [4.69, 9.17) is 0 Å². The minimum atomic E-state index is -0.510. The van der Waals surface area contributed by atoms with Crippen LogP contribution in [0.1, 0.15) is 35.6 Å². The fourth-order valence-corrected chi connectivity index (χ4v) is 2.22. The molecule has 2 heterocycles. The van der Waals surface area contributed by atoms with Crippen molar-refractivity contribution < 1.29 is 9.53 Å². The zero-order valence-corrected chi connectivity index (χ0v) is 11.4. The van der Waals surface area contributed by atoms with Gasteiger partial charge in [0.25, 0.3) is 0 Å². The van der Waals surface area contributed by atoms with Crippen LogP contribution in [-0.2, 0) is 4.74 Å². The van der Waals surface area contributed by atoms with Crippen molar-refractivity contribution in [3.05, 3.63) is 17.6 Å². The number of hydrogen-bond donors (Lipinski definition) is 2. The van der Waals surface area contributed by atoms with Gasteiger partial charge >= 0.3 is 5.97 Å². The van der Waals surface area contributed by atoms with Crippen molar-refractivity contribution in [1.29, 1.82) is 0 Å². The van der Waals surface area contributed by atoms with Gasteiger partial charge in [-0.05, 0) is 32.7 Å². The summed E-state index contributed by atoms with van der Waals surface area (Å²) in [5.41, 5.74) is 0.747. The number of carbonyl (C=O) groups is 1. The van der Waals surface area contributed by atoms with E-state index in [0.717, 1.165) is 25.2 Å². The predicted octanol–water partition coefficient (Wildman–Crippen LogP) is 1.13. The van der Waals surface area contributed by atoms with Gasteiger partial charge in [0.1, 0.15) is 5.82 Å². The van der Waals surface area contributed by atoms with Crippen LogP contribution in [0.2, 0.25) is 0 Å². The van der Waals surface area contributed by atoms with Crippen LogP contribution in [0, 0.1) is 6.92 Å². The van der Waals surface area contributed by atoms with Gasteiger partial charge in [0.2, 0.25) is 5.82 Å². The molecule has 19 heavy (non-hydrogen) atoms. The van der Waals surface area contributed by atoms with Crippen LogP contribution in [0.5, 0.6) is 0 Å². The fraction of sp³-hybridized carbons (Fsp3) is 0.615. The molecule has 1 aliphatic rings. The van der Waals surface area contributed by atoms with Crippen LogP contribution in [0.3, 0.4) is 0 Å². The largest absolute Gasteiger partial charge is 0.463 e. The SMILES string of the molecule is COC(=O)c1nc(C)cc(NCCC2CCCN2)n1. The maximum atomic E-state index is 11.4. The number of ether oxygens (including phenoxy) is 1. The first-order valence-corrected chi connectivity index (χ1v) is 6.60. The molecule has 0 bridgehead atoms. The van der Waals surface area contributed by atoms with Crippen molar-refractivity contribution in [2.75, 3.05) is 25.5 Å². The fourth-order valence-electron chi connectivity index (χ4n) is 2.22. The van der Waals surface area contributed by atoms with E-state index in [1.807, 2.05) is 13.0 Å². The molecule has 1 saturated heterocycles. The minimum absolute atomic E-state index is 0.101. The molecular formula is C13H20N4O2. The molecule has 0 spiro atoms. The van der Waals surface area contributed by atoms with Gasteiger partial charge in [0.05, 0.1) is 7.11 Å². The van der Waals surface area contributed by atoms with Crippen molar-refractivity contribution in [1.82, 2.24) is 15.3 Å². The van der Waals surface area contributed by atoms with E-state index in [1.165, 1.54) is 20.0 Å². The summed E-state index contributed by atoms with van der Waals surface area (Å²) in [5.74, 6) is 0.263. The maximum absolute atomic E-state index is 11.4. The second-order valence-electron chi connectivity index (χ2n) is 4.72. The molecule has 1 fully saturated rings. The summed E-state index contributed by atoms with van der Waals surface area (Å²) in [4.78, 5) is 19.6. The van der Waals surface area contributed by atoms with E-state index in [1.54, 1.807) is 0 Å². The zero-order valence-electron chi connectivity index (χ0n) is 11.4. The smallest absolute Gasteiger partial charge is 0.376 e. The first kappa shape index (κ1) is 13.7. The number of nitrogens with zero attached hydrogens (tertiary/aromatic N) is 2. The Hall–Kier alpha value is -1.69. The topological polar surface area (TPSA) is 76.1 Å². The second kappa shape index (κ2) is 6.47. The Morgan fingerprint density at radius 1 is 1.58 bits per heavy atom. The molecule has 2 N–H and O–H groups in total. The number of esters is 1. The molecule has 6 heteroatoms. The average Bonchev–Trinajstić information content (AvgIpc) is 2.90. The molecule has 0 radical (unpaired) electrons. The highest BCUT2D eigenvalue weighted by atomic mass is 16.5. The third kappa shape index (κ3) is 3.89. The van der Waals surface area contributed by atoms with Crippen LogP contribution in [-0.4, -0.2) is 42.2 Å². The number of aryl methyl sites for hydroxylation is 1. The summed E-state index contributed by atoms with van der Waals surface area (Å²) in [6.07, 6.45) is 3.54. The number of anilines is 1. The molecule has 0 aromatic carbocycles. The van der Waals surface area contributed by atoms with Crippen molar-refractivity contribution in [2.45, 2.75) is 32.2 Å². The highest BCUT2D eigenvalue weighted by Crippen LogP contribution is 2.10. The van der Waals surface area contributed by atoms with Crippen LogP contribution in [0.25, 0.3) is 0 Å². The number of nitrogens with one attached hydrogen (secondary N) is 2. The second-order valence-corrected chi connectivity index (χ2v) is 4.72. The van der Waals surface area contributed by atoms with Gasteiger partial charge in [0, 0.05) is 24.3 Å². The summed E-state index contributed by atoms with van der Waals surface area (Å²) in [6, 6.07) is 2.42. The average molecular weight is 264 g/mol. The molecule has 1 unspecified atom stereocenters. The number of rotatable bonds is 5. The van der Waals surface area contributed by atoms with E-state index in [0.29, 0.717) is 11.9 Å². The number of methoxy groups -OCH3 is 1. The first-order chi connectivity index (χ1) is 9.19. The third-order valence-corrected chi connectivity index (χ3v) is 3.18. The Balaban J connectivity index is 1.91. The Morgan fingerprint density at radius 3 is 3.11 bits per heavy atom. The van der Waals surface area contributed by atoms with Gasteiger partial charge in [-0.3, -0.25) is 0 Å². The quantitative estimate of drug-likeness (QED) is 0.776. The highest BCUT2D eigenvalue weighted by molar-refractivity contribution is 5.85. The lowest BCUT2D eigenvalue weighted by Gasteiger charge is -2.11. The molecule has 1 aromatic heterocycles. The summed E-state index contributed by atoms with van der Waals surface area (Å²) in [7, 11) is 1.33. The molecule has 6 nitrogen and oxygen atoms in total. The van der Waals surface area contributed by atoms with Crippen molar-refractivity contribution in [3.8, 4) is 0 Å². The lowest BCUT2D eigenvalue weighted by atomic mass is 10.1. The maximum Gasteiger partial charge on any atom is 0.376 e. The standard InChI is InChI=1S/C13H20N4O2/c1-9-8-11(17-12(16-9)13(18)19-2)15-7-5-10-4-3-6-14-10/h8,10,14H,3-7H2,1-2H3,(H,15,16,17). The molecular weight excluding hydrogens is 244 g/mol. The number of carbonyl (C=O) groups excluding carboxylic acids is 1. The van der Waals surface area contributed by atoms with E-state index in [9.17, 15) is 4.79 Å². The Morgan fingerprint density at radius 2 is 2.42 bits per heavy atom. The van der Waals surface area contributed by atoms with Gasteiger partial charge in [0.15, 0.2) is 0 Å². The normalized spacial score (nSPS) is 18.3. The van der Waals surface area contributed by atoms with Crippen molar-refractivity contribution in [3.63, 3.8) is 0 Å². The summed E-state index contributed by atoms with van der Waals surface area (Å²) in [6.45, 7) is 3.77. The molecule has 1 aromatic rings. The predicted molar refractivity (Wildman–Crippen MR) is 72.2 cm³/mol. The summed E-state index contributed by atoms with van der Waals surface area (Å²) >= 11 is 0. The van der Waals surface area contributed by atoms with Crippen LogP contribution < -0.4 is 10.6 Å². The lowest BCUT2D eigenvalue weighted by Crippen LogP contribution is -2.24. The third-order valence-electron chi connectivity index (χ3n) is 3.18. The van der Waals surface area contributed by atoms with E-state index in [2.05, 4.69) is 25.3 Å². The Kier molecular flexibility index (Phi) is 4.68. The van der Waals surface area contributed by atoms with Gasteiger partial charge in [-0.15, -0.1) is 0 Å². The molecule has 2 rings (SSSR count).